The second-order valence-electron chi connectivity index (χ2n) is 8.20. The van der Waals surface area contributed by atoms with Crippen molar-refractivity contribution in [2.45, 2.75) is 39.4 Å². The smallest absolute Gasteiger partial charge is 0.167 e. The average Bonchev–Trinajstić information content (AvgIpc) is 2.68. The van der Waals surface area contributed by atoms with Gasteiger partial charge in [0, 0.05) is 17.4 Å². The predicted octanol–water partition coefficient (Wildman–Crippen LogP) is 5.06. The highest BCUT2D eigenvalue weighted by Gasteiger charge is 2.37. The average molecular weight is 362 g/mol. The van der Waals surface area contributed by atoms with Crippen LogP contribution in [0, 0.1) is 5.41 Å². The normalized spacial score (nSPS) is 19.6. The van der Waals surface area contributed by atoms with Gasteiger partial charge in [-0.15, -0.1) is 0 Å². The van der Waals surface area contributed by atoms with Gasteiger partial charge in [-0.05, 0) is 23.1 Å². The number of carbonyl (C=O) groups excluding carboxylic acids is 1. The Kier molecular flexibility index (Phi) is 4.98. The molecule has 0 fully saturated rings. The van der Waals surface area contributed by atoms with Crippen LogP contribution in [0.3, 0.4) is 0 Å². The van der Waals surface area contributed by atoms with E-state index < -0.39 is 0 Å². The molecule has 3 nitrogen and oxygen atoms in total. The summed E-state index contributed by atoms with van der Waals surface area (Å²) in [5.41, 5.74) is 5.41. The van der Waals surface area contributed by atoms with Gasteiger partial charge in [-0.3, -0.25) is 4.79 Å². The summed E-state index contributed by atoms with van der Waals surface area (Å²) in [5, 5.41) is 0. The van der Waals surface area contributed by atoms with Crippen molar-refractivity contribution in [1.29, 1.82) is 0 Å². The molecule has 0 N–H and O–H groups in total. The topological polar surface area (TPSA) is 35.5 Å². The zero-order chi connectivity index (χ0) is 18.9. The van der Waals surface area contributed by atoms with Crippen LogP contribution in [0.5, 0.6) is 0 Å². The number of carbonyl (C=O) groups is 1. The van der Waals surface area contributed by atoms with E-state index in [1.54, 1.807) is 0 Å². The van der Waals surface area contributed by atoms with E-state index >= 15 is 0 Å². The molecule has 0 radical (unpaired) electrons. The lowest BCUT2D eigenvalue weighted by molar-refractivity contribution is -0.0630. The molecule has 3 heteroatoms. The number of ether oxygens (including phenoxy) is 2. The fourth-order valence-corrected chi connectivity index (χ4v) is 4.02. The first-order chi connectivity index (χ1) is 13.0. The fourth-order valence-electron chi connectivity index (χ4n) is 4.02. The van der Waals surface area contributed by atoms with Crippen LogP contribution < -0.4 is 0 Å². The molecule has 1 heterocycles. The minimum absolute atomic E-state index is 0.0603. The minimum atomic E-state index is -0.118. The van der Waals surface area contributed by atoms with Gasteiger partial charge in [0.15, 0.2) is 5.78 Å². The molecule has 140 valence electrons. The van der Waals surface area contributed by atoms with E-state index in [9.17, 15) is 4.79 Å². The third-order valence-electron chi connectivity index (χ3n) is 5.67. The van der Waals surface area contributed by atoms with Gasteiger partial charge in [-0.2, -0.15) is 0 Å². The molecule has 0 spiro atoms. The first-order valence-electron chi connectivity index (χ1n) is 9.61. The van der Waals surface area contributed by atoms with Gasteiger partial charge >= 0.3 is 0 Å². The SMILES string of the molecule is CC(C)(COCc1ccccc1)C1CC2=C(CO1)c1ccccc1C(=O)C2. The molecule has 2 aromatic rings. The summed E-state index contributed by atoms with van der Waals surface area (Å²) in [6, 6.07) is 18.1. The Morgan fingerprint density at radius 2 is 1.74 bits per heavy atom. The molecule has 0 saturated carbocycles. The summed E-state index contributed by atoms with van der Waals surface area (Å²) in [4.78, 5) is 12.5. The molecule has 0 bridgehead atoms. The highest BCUT2D eigenvalue weighted by Crippen LogP contribution is 2.41. The standard InChI is InChI=1S/C24H26O3/c1-24(2,16-26-14-17-8-4-3-5-9-17)23-13-18-12-22(25)20-11-7-6-10-19(20)21(18)15-27-23/h3-11,23H,12-16H2,1-2H3. The van der Waals surface area contributed by atoms with Crippen molar-refractivity contribution < 1.29 is 14.3 Å². The van der Waals surface area contributed by atoms with Crippen molar-refractivity contribution >= 4 is 11.4 Å². The molecule has 1 unspecified atom stereocenters. The van der Waals surface area contributed by atoms with E-state index in [2.05, 4.69) is 26.0 Å². The van der Waals surface area contributed by atoms with Gasteiger partial charge < -0.3 is 9.47 Å². The lowest BCUT2D eigenvalue weighted by Gasteiger charge is -2.39. The van der Waals surface area contributed by atoms with E-state index in [-0.39, 0.29) is 17.3 Å². The van der Waals surface area contributed by atoms with Crippen molar-refractivity contribution in [3.63, 3.8) is 0 Å². The van der Waals surface area contributed by atoms with Crippen molar-refractivity contribution in [3.05, 3.63) is 76.9 Å². The summed E-state index contributed by atoms with van der Waals surface area (Å²) < 4.78 is 12.2. The summed E-state index contributed by atoms with van der Waals surface area (Å²) in [5.74, 6) is 0.225. The van der Waals surface area contributed by atoms with Crippen LogP contribution in [-0.4, -0.2) is 25.1 Å². The van der Waals surface area contributed by atoms with E-state index in [0.29, 0.717) is 26.2 Å². The van der Waals surface area contributed by atoms with Gasteiger partial charge in [0.05, 0.1) is 25.9 Å². The van der Waals surface area contributed by atoms with Crippen LogP contribution in [0.1, 0.15) is 48.2 Å². The number of benzene rings is 2. The number of Topliss-reactive ketones (excluding diaryl/α,β-unsaturated/α-hetero) is 1. The molecule has 4 rings (SSSR count). The summed E-state index contributed by atoms with van der Waals surface area (Å²) in [6.45, 7) is 6.18. The van der Waals surface area contributed by atoms with Gasteiger partial charge in [0.2, 0.25) is 0 Å². The molecule has 1 aliphatic carbocycles. The number of ketones is 1. The third kappa shape index (κ3) is 3.76. The second kappa shape index (κ2) is 7.41. The molecular formula is C24H26O3. The van der Waals surface area contributed by atoms with E-state index in [0.717, 1.165) is 17.5 Å². The van der Waals surface area contributed by atoms with Crippen LogP contribution in [0.15, 0.2) is 60.2 Å². The van der Waals surface area contributed by atoms with E-state index in [1.165, 1.54) is 16.7 Å². The van der Waals surface area contributed by atoms with Crippen LogP contribution in [-0.2, 0) is 16.1 Å². The molecule has 2 aromatic carbocycles. The maximum absolute atomic E-state index is 12.5. The zero-order valence-corrected chi connectivity index (χ0v) is 16.0. The Hall–Kier alpha value is -2.23. The summed E-state index contributed by atoms with van der Waals surface area (Å²) in [6.07, 6.45) is 1.38. The molecule has 2 aliphatic rings. The third-order valence-corrected chi connectivity index (χ3v) is 5.67. The molecule has 0 saturated heterocycles. The number of fused-ring (bicyclic) bond motifs is 2. The quantitative estimate of drug-likeness (QED) is 0.746. The minimum Gasteiger partial charge on any atom is -0.376 e. The Labute approximate surface area is 161 Å². The Morgan fingerprint density at radius 1 is 1.04 bits per heavy atom. The molecule has 27 heavy (non-hydrogen) atoms. The van der Waals surface area contributed by atoms with Crippen LogP contribution in [0.4, 0.5) is 0 Å². The molecule has 0 aromatic heterocycles. The Bertz CT molecular complexity index is 864. The molecule has 1 atom stereocenters. The van der Waals surface area contributed by atoms with Crippen molar-refractivity contribution in [1.82, 2.24) is 0 Å². The van der Waals surface area contributed by atoms with Crippen LogP contribution >= 0.6 is 0 Å². The Morgan fingerprint density at radius 3 is 2.52 bits per heavy atom. The van der Waals surface area contributed by atoms with Gasteiger partial charge in [0.25, 0.3) is 0 Å². The second-order valence-corrected chi connectivity index (χ2v) is 8.20. The molecule has 1 aliphatic heterocycles. The largest absolute Gasteiger partial charge is 0.376 e. The van der Waals surface area contributed by atoms with Crippen LogP contribution in [0.25, 0.3) is 5.57 Å². The summed E-state index contributed by atoms with van der Waals surface area (Å²) in [7, 11) is 0. The maximum atomic E-state index is 12.5. The first kappa shape index (κ1) is 18.1. The highest BCUT2D eigenvalue weighted by atomic mass is 16.5. The number of rotatable bonds is 5. The van der Waals surface area contributed by atoms with Gasteiger partial charge in [0.1, 0.15) is 0 Å². The van der Waals surface area contributed by atoms with Crippen molar-refractivity contribution in [2.24, 2.45) is 5.41 Å². The zero-order valence-electron chi connectivity index (χ0n) is 16.0. The van der Waals surface area contributed by atoms with Gasteiger partial charge in [-0.25, -0.2) is 0 Å². The van der Waals surface area contributed by atoms with E-state index in [1.807, 2.05) is 42.5 Å². The van der Waals surface area contributed by atoms with E-state index in [4.69, 9.17) is 9.47 Å². The molecular weight excluding hydrogens is 336 g/mol. The Balaban J connectivity index is 1.44. The highest BCUT2D eigenvalue weighted by molar-refractivity contribution is 6.06. The van der Waals surface area contributed by atoms with Crippen molar-refractivity contribution in [3.8, 4) is 0 Å². The predicted molar refractivity (Wildman–Crippen MR) is 107 cm³/mol. The first-order valence-corrected chi connectivity index (χ1v) is 9.61. The number of hydrogen-bond donors (Lipinski definition) is 0. The molecule has 0 amide bonds. The summed E-state index contributed by atoms with van der Waals surface area (Å²) >= 11 is 0. The van der Waals surface area contributed by atoms with Crippen LogP contribution in [0.2, 0.25) is 0 Å². The maximum Gasteiger partial charge on any atom is 0.167 e. The monoisotopic (exact) mass is 362 g/mol. The lowest BCUT2D eigenvalue weighted by atomic mass is 9.76. The fraction of sp³-hybridized carbons (Fsp3) is 0.375. The lowest BCUT2D eigenvalue weighted by Crippen LogP contribution is -2.39. The number of hydrogen-bond acceptors (Lipinski definition) is 3. The van der Waals surface area contributed by atoms with Crippen molar-refractivity contribution in [2.75, 3.05) is 13.2 Å². The van der Waals surface area contributed by atoms with Gasteiger partial charge in [-0.1, -0.05) is 74.0 Å².